The van der Waals surface area contributed by atoms with Gasteiger partial charge in [0.2, 0.25) is 0 Å². The van der Waals surface area contributed by atoms with Crippen LogP contribution in [0.3, 0.4) is 0 Å². The van der Waals surface area contributed by atoms with Crippen molar-refractivity contribution in [1.29, 1.82) is 0 Å². The van der Waals surface area contributed by atoms with Crippen LogP contribution in [0.5, 0.6) is 0 Å². The van der Waals surface area contributed by atoms with Gasteiger partial charge >= 0.3 is 0 Å². The molecule has 15 heavy (non-hydrogen) atoms. The molecular formula is C11H8N4. The van der Waals surface area contributed by atoms with Gasteiger partial charge in [-0.1, -0.05) is 18.2 Å². The number of hydrogen-bond donors (Lipinski definition) is 0. The third kappa shape index (κ3) is 1.27. The van der Waals surface area contributed by atoms with Crippen LogP contribution in [0.2, 0.25) is 0 Å². The number of anilines is 1. The molecule has 4 nitrogen and oxygen atoms in total. The molecular weight excluding hydrogens is 188 g/mol. The van der Waals surface area contributed by atoms with E-state index in [1.165, 1.54) is 0 Å². The lowest BCUT2D eigenvalue weighted by Crippen LogP contribution is -2.27. The zero-order valence-corrected chi connectivity index (χ0v) is 7.91. The van der Waals surface area contributed by atoms with E-state index in [2.05, 4.69) is 15.1 Å². The van der Waals surface area contributed by atoms with Gasteiger partial charge in [0.25, 0.3) is 5.96 Å². The number of para-hydroxylation sites is 1. The van der Waals surface area contributed by atoms with Gasteiger partial charge < -0.3 is 0 Å². The van der Waals surface area contributed by atoms with Gasteiger partial charge in [0.05, 0.1) is 5.69 Å². The molecule has 0 fully saturated rings. The van der Waals surface area contributed by atoms with Gasteiger partial charge in [-0.3, -0.25) is 0 Å². The Morgan fingerprint density at radius 1 is 1.13 bits per heavy atom. The van der Waals surface area contributed by atoms with E-state index in [9.17, 15) is 0 Å². The van der Waals surface area contributed by atoms with Gasteiger partial charge in [0, 0.05) is 24.2 Å². The van der Waals surface area contributed by atoms with E-state index in [0.29, 0.717) is 5.96 Å². The van der Waals surface area contributed by atoms with Crippen LogP contribution in [0.15, 0.2) is 51.6 Å². The van der Waals surface area contributed by atoms with Gasteiger partial charge in [-0.15, -0.1) is 0 Å². The fourth-order valence-corrected chi connectivity index (χ4v) is 1.53. The van der Waals surface area contributed by atoms with Crippen molar-refractivity contribution in [1.82, 2.24) is 0 Å². The van der Waals surface area contributed by atoms with Gasteiger partial charge in [0.1, 0.15) is 0 Å². The standard InChI is InChI=1S/C11H8N4/c1-2-5-10-9(4-1)8-13-11-12-6-3-7-14-15(10)11/h1-8H. The molecule has 0 aromatic heterocycles. The summed E-state index contributed by atoms with van der Waals surface area (Å²) >= 11 is 0. The fraction of sp³-hybridized carbons (Fsp3) is 0. The van der Waals surface area contributed by atoms with Gasteiger partial charge in [-0.05, 0) is 12.1 Å². The third-order valence-corrected chi connectivity index (χ3v) is 2.22. The quantitative estimate of drug-likeness (QED) is 0.623. The van der Waals surface area contributed by atoms with Crippen LogP contribution >= 0.6 is 0 Å². The molecule has 0 N–H and O–H groups in total. The lowest BCUT2D eigenvalue weighted by molar-refractivity contribution is 1.10. The summed E-state index contributed by atoms with van der Waals surface area (Å²) in [5.74, 6) is 0.596. The summed E-state index contributed by atoms with van der Waals surface area (Å²) in [5, 5.41) is 5.99. The molecule has 72 valence electrons. The van der Waals surface area contributed by atoms with Crippen LogP contribution in [0, 0.1) is 0 Å². The monoisotopic (exact) mass is 196 g/mol. The Balaban J connectivity index is 2.20. The number of allylic oxidation sites excluding steroid dienone is 1. The molecule has 0 aliphatic carbocycles. The van der Waals surface area contributed by atoms with Crippen LogP contribution in [0.1, 0.15) is 5.56 Å². The lowest BCUT2D eigenvalue weighted by Gasteiger charge is -2.21. The van der Waals surface area contributed by atoms with Crippen molar-refractivity contribution >= 4 is 24.1 Å². The molecule has 1 aromatic rings. The Morgan fingerprint density at radius 3 is 3.07 bits per heavy atom. The molecule has 1 aromatic carbocycles. The molecule has 0 amide bonds. The first kappa shape index (κ1) is 8.11. The molecule has 2 heterocycles. The molecule has 0 bridgehead atoms. The predicted molar refractivity (Wildman–Crippen MR) is 61.6 cm³/mol. The second-order valence-corrected chi connectivity index (χ2v) is 3.16. The number of aliphatic imine (C=N–C) groups is 2. The average molecular weight is 196 g/mol. The smallest absolute Gasteiger partial charge is 0.220 e. The number of nitrogens with zero attached hydrogens (tertiary/aromatic N) is 4. The summed E-state index contributed by atoms with van der Waals surface area (Å²) in [6.07, 6.45) is 6.97. The first-order valence-corrected chi connectivity index (χ1v) is 4.65. The van der Waals surface area contributed by atoms with Crippen molar-refractivity contribution in [3.8, 4) is 0 Å². The lowest BCUT2D eigenvalue weighted by atomic mass is 10.2. The zero-order valence-electron chi connectivity index (χ0n) is 7.91. The van der Waals surface area contributed by atoms with E-state index in [0.717, 1.165) is 11.3 Å². The largest absolute Gasteiger partial charge is 0.251 e. The van der Waals surface area contributed by atoms with E-state index in [-0.39, 0.29) is 0 Å². The molecule has 2 aliphatic heterocycles. The molecule has 0 unspecified atom stereocenters. The maximum Gasteiger partial charge on any atom is 0.251 e. The minimum absolute atomic E-state index is 0.596. The fourth-order valence-electron chi connectivity index (χ4n) is 1.53. The zero-order chi connectivity index (χ0) is 10.1. The summed E-state index contributed by atoms with van der Waals surface area (Å²) in [6.45, 7) is 0. The van der Waals surface area contributed by atoms with E-state index >= 15 is 0 Å². The highest BCUT2D eigenvalue weighted by Gasteiger charge is 2.18. The van der Waals surface area contributed by atoms with Crippen molar-refractivity contribution in [2.45, 2.75) is 0 Å². The van der Waals surface area contributed by atoms with Crippen LogP contribution in [-0.2, 0) is 0 Å². The molecule has 4 heteroatoms. The van der Waals surface area contributed by atoms with E-state index in [1.54, 1.807) is 29.7 Å². The Labute approximate surface area is 87.0 Å². The Morgan fingerprint density at radius 2 is 2.07 bits per heavy atom. The van der Waals surface area contributed by atoms with Crippen molar-refractivity contribution in [2.24, 2.45) is 15.1 Å². The average Bonchev–Trinajstić information content (AvgIpc) is 2.54. The second-order valence-electron chi connectivity index (χ2n) is 3.16. The van der Waals surface area contributed by atoms with Crippen LogP contribution < -0.4 is 5.01 Å². The minimum Gasteiger partial charge on any atom is -0.220 e. The Hall–Kier alpha value is -2.23. The Bertz CT molecular complexity index is 511. The summed E-state index contributed by atoms with van der Waals surface area (Å²) in [7, 11) is 0. The predicted octanol–water partition coefficient (Wildman–Crippen LogP) is 1.79. The van der Waals surface area contributed by atoms with Crippen LogP contribution in [-0.4, -0.2) is 18.4 Å². The maximum absolute atomic E-state index is 4.26. The summed E-state index contributed by atoms with van der Waals surface area (Å²) in [5.41, 5.74) is 2.06. The van der Waals surface area contributed by atoms with Gasteiger partial charge in [0.15, 0.2) is 0 Å². The minimum atomic E-state index is 0.596. The molecule has 0 atom stereocenters. The highest BCUT2D eigenvalue weighted by molar-refractivity contribution is 6.11. The maximum atomic E-state index is 4.26. The van der Waals surface area contributed by atoms with Crippen molar-refractivity contribution in [3.63, 3.8) is 0 Å². The summed E-state index contributed by atoms with van der Waals surface area (Å²) < 4.78 is 0. The normalized spacial score (nSPS) is 16.8. The first-order chi connectivity index (χ1) is 7.45. The van der Waals surface area contributed by atoms with Gasteiger partial charge in [-0.25, -0.2) is 9.98 Å². The van der Waals surface area contributed by atoms with E-state index in [1.807, 2.05) is 24.3 Å². The third-order valence-electron chi connectivity index (χ3n) is 2.22. The van der Waals surface area contributed by atoms with E-state index < -0.39 is 0 Å². The number of benzene rings is 1. The summed E-state index contributed by atoms with van der Waals surface area (Å²) in [4.78, 5) is 8.42. The summed E-state index contributed by atoms with van der Waals surface area (Å²) in [6, 6.07) is 7.96. The number of fused-ring (bicyclic) bond motifs is 3. The number of hydrazone groups is 1. The highest BCUT2D eigenvalue weighted by Crippen LogP contribution is 2.23. The first-order valence-electron chi connectivity index (χ1n) is 4.65. The second kappa shape index (κ2) is 3.16. The number of rotatable bonds is 0. The van der Waals surface area contributed by atoms with Gasteiger partial charge in [-0.2, -0.15) is 10.1 Å². The van der Waals surface area contributed by atoms with Crippen LogP contribution in [0.4, 0.5) is 5.69 Å². The number of hydrogen-bond acceptors (Lipinski definition) is 4. The van der Waals surface area contributed by atoms with Crippen molar-refractivity contribution in [2.75, 3.05) is 5.01 Å². The van der Waals surface area contributed by atoms with Crippen LogP contribution in [0.25, 0.3) is 0 Å². The molecule has 0 saturated carbocycles. The Kier molecular flexibility index (Phi) is 1.71. The molecule has 0 saturated heterocycles. The molecule has 0 radical (unpaired) electrons. The van der Waals surface area contributed by atoms with Crippen molar-refractivity contribution < 1.29 is 0 Å². The highest BCUT2D eigenvalue weighted by atomic mass is 15.5. The molecule has 3 rings (SSSR count). The molecule has 0 spiro atoms. The van der Waals surface area contributed by atoms with Crippen molar-refractivity contribution in [3.05, 3.63) is 42.1 Å². The van der Waals surface area contributed by atoms with E-state index in [4.69, 9.17) is 0 Å². The number of guanidine groups is 1. The molecule has 2 aliphatic rings. The SMILES string of the molecule is C1=CN=C2N=Cc3ccccc3N2N=C1. The topological polar surface area (TPSA) is 40.3 Å².